The second kappa shape index (κ2) is 0.873. The molecule has 0 spiro atoms. The zero-order chi connectivity index (χ0) is 4.91. The van der Waals surface area contributed by atoms with Crippen LogP contribution in [-0.2, 0) is 0 Å². The van der Waals surface area contributed by atoms with E-state index in [4.69, 9.17) is 0 Å². The minimum atomic E-state index is 0.681. The SMILES string of the molecule is CNC12CCC1C2. The standard InChI is InChI=1S/C6H11N/c1-7-6-3-2-5(6)4-6/h5,7H,2-4H2,1H3. The van der Waals surface area contributed by atoms with Gasteiger partial charge in [-0.05, 0) is 32.2 Å². The van der Waals surface area contributed by atoms with E-state index in [1.54, 1.807) is 0 Å². The Morgan fingerprint density at radius 2 is 2.57 bits per heavy atom. The lowest BCUT2D eigenvalue weighted by molar-refractivity contribution is 0.343. The van der Waals surface area contributed by atoms with E-state index < -0.39 is 0 Å². The Hall–Kier alpha value is -0.0400. The van der Waals surface area contributed by atoms with Gasteiger partial charge in [0.15, 0.2) is 0 Å². The molecule has 0 radical (unpaired) electrons. The molecule has 1 N–H and O–H groups in total. The topological polar surface area (TPSA) is 12.0 Å². The van der Waals surface area contributed by atoms with Gasteiger partial charge in [0.2, 0.25) is 0 Å². The van der Waals surface area contributed by atoms with Crippen LogP contribution in [0.2, 0.25) is 0 Å². The predicted octanol–water partition coefficient (Wildman–Crippen LogP) is 0.758. The molecule has 2 rings (SSSR count). The molecule has 2 aliphatic rings. The Bertz CT molecular complexity index is 90.8. The summed E-state index contributed by atoms with van der Waals surface area (Å²) in [6, 6.07) is 0. The molecule has 40 valence electrons. The van der Waals surface area contributed by atoms with Crippen LogP contribution in [0.4, 0.5) is 0 Å². The van der Waals surface area contributed by atoms with Crippen LogP contribution < -0.4 is 5.32 Å². The molecular formula is C6H11N. The van der Waals surface area contributed by atoms with Crippen LogP contribution in [0, 0.1) is 5.92 Å². The van der Waals surface area contributed by atoms with Crippen LogP contribution in [0.15, 0.2) is 0 Å². The first-order valence-electron chi connectivity index (χ1n) is 3.06. The average Bonchev–Trinajstić information content (AvgIpc) is 2.12. The zero-order valence-corrected chi connectivity index (χ0v) is 4.70. The third-order valence-electron chi connectivity index (χ3n) is 2.67. The maximum Gasteiger partial charge on any atom is 0.0210 e. The van der Waals surface area contributed by atoms with Crippen molar-refractivity contribution >= 4 is 0 Å². The monoisotopic (exact) mass is 97.1 g/mol. The Balaban J connectivity index is 2.06. The van der Waals surface area contributed by atoms with Gasteiger partial charge >= 0.3 is 0 Å². The van der Waals surface area contributed by atoms with Crippen molar-refractivity contribution in [1.82, 2.24) is 5.32 Å². The van der Waals surface area contributed by atoms with Crippen molar-refractivity contribution in [3.05, 3.63) is 0 Å². The maximum absolute atomic E-state index is 3.35. The predicted molar refractivity (Wildman–Crippen MR) is 29.1 cm³/mol. The van der Waals surface area contributed by atoms with E-state index in [1.807, 2.05) is 0 Å². The summed E-state index contributed by atoms with van der Waals surface area (Å²) in [5.74, 6) is 1.08. The molecule has 0 aromatic rings. The summed E-state index contributed by atoms with van der Waals surface area (Å²) >= 11 is 0. The zero-order valence-electron chi connectivity index (χ0n) is 4.70. The van der Waals surface area contributed by atoms with Crippen molar-refractivity contribution in [2.45, 2.75) is 24.8 Å². The van der Waals surface area contributed by atoms with Gasteiger partial charge in [0, 0.05) is 5.54 Å². The molecule has 2 atom stereocenters. The lowest BCUT2D eigenvalue weighted by atomic mass is 9.93. The third kappa shape index (κ3) is 0.290. The summed E-state index contributed by atoms with van der Waals surface area (Å²) in [6.45, 7) is 0. The quantitative estimate of drug-likeness (QED) is 0.509. The second-order valence-corrected chi connectivity index (χ2v) is 2.85. The Labute approximate surface area is 44.1 Å². The van der Waals surface area contributed by atoms with Gasteiger partial charge in [0.05, 0.1) is 0 Å². The van der Waals surface area contributed by atoms with Gasteiger partial charge in [0.1, 0.15) is 0 Å². The summed E-state index contributed by atoms with van der Waals surface area (Å²) in [5, 5.41) is 3.35. The van der Waals surface area contributed by atoms with Crippen LogP contribution in [0.1, 0.15) is 19.3 Å². The fourth-order valence-electron chi connectivity index (χ4n) is 1.71. The van der Waals surface area contributed by atoms with E-state index in [9.17, 15) is 0 Å². The first-order chi connectivity index (χ1) is 3.37. The Morgan fingerprint density at radius 3 is 2.57 bits per heavy atom. The number of hydrogen-bond acceptors (Lipinski definition) is 1. The fraction of sp³-hybridized carbons (Fsp3) is 1.00. The highest BCUT2D eigenvalue weighted by Crippen LogP contribution is 2.59. The molecule has 0 heterocycles. The minimum absolute atomic E-state index is 0.681. The molecule has 2 aliphatic carbocycles. The average molecular weight is 97.2 g/mol. The largest absolute Gasteiger partial charge is 0.314 e. The van der Waals surface area contributed by atoms with E-state index >= 15 is 0 Å². The highest BCUT2D eigenvalue weighted by atomic mass is 15.0. The summed E-state index contributed by atoms with van der Waals surface area (Å²) in [4.78, 5) is 0. The number of fused-ring (bicyclic) bond motifs is 1. The number of hydrogen-bond donors (Lipinski definition) is 1. The van der Waals surface area contributed by atoms with Crippen molar-refractivity contribution in [3.8, 4) is 0 Å². The molecule has 7 heavy (non-hydrogen) atoms. The van der Waals surface area contributed by atoms with Crippen LogP contribution in [-0.4, -0.2) is 12.6 Å². The highest BCUT2D eigenvalue weighted by Gasteiger charge is 2.59. The molecule has 0 bridgehead atoms. The lowest BCUT2D eigenvalue weighted by Crippen LogP contribution is -2.35. The summed E-state index contributed by atoms with van der Waals surface area (Å²) in [6.07, 6.45) is 4.39. The van der Waals surface area contributed by atoms with Crippen molar-refractivity contribution in [3.63, 3.8) is 0 Å². The molecule has 0 aromatic heterocycles. The maximum atomic E-state index is 3.35. The van der Waals surface area contributed by atoms with E-state index in [1.165, 1.54) is 19.3 Å². The highest BCUT2D eigenvalue weighted by molar-refractivity contribution is 5.17. The molecular weight excluding hydrogens is 86.1 g/mol. The van der Waals surface area contributed by atoms with Crippen LogP contribution in [0.5, 0.6) is 0 Å². The van der Waals surface area contributed by atoms with Gasteiger partial charge < -0.3 is 5.32 Å². The van der Waals surface area contributed by atoms with Crippen molar-refractivity contribution in [2.75, 3.05) is 7.05 Å². The molecule has 0 aliphatic heterocycles. The first kappa shape index (κ1) is 3.90. The van der Waals surface area contributed by atoms with Crippen molar-refractivity contribution < 1.29 is 0 Å². The second-order valence-electron chi connectivity index (χ2n) is 2.85. The minimum Gasteiger partial charge on any atom is -0.314 e. The molecule has 1 nitrogen and oxygen atoms in total. The first-order valence-corrected chi connectivity index (χ1v) is 3.06. The van der Waals surface area contributed by atoms with Crippen molar-refractivity contribution in [2.24, 2.45) is 5.92 Å². The molecule has 2 unspecified atom stereocenters. The van der Waals surface area contributed by atoms with Gasteiger partial charge in [0.25, 0.3) is 0 Å². The molecule has 2 fully saturated rings. The van der Waals surface area contributed by atoms with Crippen LogP contribution in [0.3, 0.4) is 0 Å². The Morgan fingerprint density at radius 1 is 1.71 bits per heavy atom. The van der Waals surface area contributed by atoms with Crippen molar-refractivity contribution in [1.29, 1.82) is 0 Å². The van der Waals surface area contributed by atoms with Crippen LogP contribution >= 0.6 is 0 Å². The van der Waals surface area contributed by atoms with Gasteiger partial charge in [-0.1, -0.05) is 0 Å². The molecule has 0 saturated heterocycles. The molecule has 1 heteroatoms. The molecule has 0 amide bonds. The number of rotatable bonds is 1. The van der Waals surface area contributed by atoms with E-state index in [-0.39, 0.29) is 0 Å². The van der Waals surface area contributed by atoms with E-state index in [2.05, 4.69) is 12.4 Å². The number of nitrogens with one attached hydrogen (secondary N) is 1. The molecule has 0 aromatic carbocycles. The van der Waals surface area contributed by atoms with Gasteiger partial charge in [-0.2, -0.15) is 0 Å². The van der Waals surface area contributed by atoms with Crippen LogP contribution in [0.25, 0.3) is 0 Å². The van der Waals surface area contributed by atoms with E-state index in [0.717, 1.165) is 5.92 Å². The fourth-order valence-corrected chi connectivity index (χ4v) is 1.71. The van der Waals surface area contributed by atoms with Gasteiger partial charge in [-0.3, -0.25) is 0 Å². The Kier molecular flexibility index (Phi) is 0.487. The van der Waals surface area contributed by atoms with Gasteiger partial charge in [-0.15, -0.1) is 0 Å². The lowest BCUT2D eigenvalue weighted by Gasteiger charge is -2.23. The van der Waals surface area contributed by atoms with E-state index in [0.29, 0.717) is 5.54 Å². The summed E-state index contributed by atoms with van der Waals surface area (Å²) < 4.78 is 0. The summed E-state index contributed by atoms with van der Waals surface area (Å²) in [5.41, 5.74) is 0.681. The van der Waals surface area contributed by atoms with Gasteiger partial charge in [-0.25, -0.2) is 0 Å². The summed E-state index contributed by atoms with van der Waals surface area (Å²) in [7, 11) is 2.08. The smallest absolute Gasteiger partial charge is 0.0210 e. The third-order valence-corrected chi connectivity index (χ3v) is 2.67. The normalized spacial score (nSPS) is 55.3. The molecule has 2 saturated carbocycles.